The van der Waals surface area contributed by atoms with Crippen LogP contribution in [0.25, 0.3) is 0 Å². The maximum Gasteiger partial charge on any atom is 0.319 e. The number of amides is 3. The topological polar surface area (TPSA) is 79.5 Å². The highest BCUT2D eigenvalue weighted by Crippen LogP contribution is 2.28. The Balaban J connectivity index is 1.48. The summed E-state index contributed by atoms with van der Waals surface area (Å²) in [6.45, 7) is 4.21. The Morgan fingerprint density at radius 2 is 1.85 bits per heavy atom. The summed E-state index contributed by atoms with van der Waals surface area (Å²) in [5, 5.41) is 8.43. The number of urea groups is 1. The maximum atomic E-state index is 12.3. The molecule has 1 heterocycles. The maximum absolute atomic E-state index is 12.3. The van der Waals surface area contributed by atoms with E-state index in [0.29, 0.717) is 18.7 Å². The fourth-order valence-corrected chi connectivity index (χ4v) is 2.77. The predicted octanol–water partition coefficient (Wildman–Crippen LogP) is 2.84. The van der Waals surface area contributed by atoms with E-state index in [2.05, 4.69) is 16.0 Å². The first kappa shape index (κ1) is 17.8. The Labute approximate surface area is 152 Å². The molecule has 6 heteroatoms. The van der Waals surface area contributed by atoms with Gasteiger partial charge in [0, 0.05) is 24.7 Å². The number of rotatable bonds is 5. The van der Waals surface area contributed by atoms with Crippen LogP contribution in [0.5, 0.6) is 5.75 Å². The number of benzene rings is 2. The first-order valence-corrected chi connectivity index (χ1v) is 8.70. The summed E-state index contributed by atoms with van der Waals surface area (Å²) in [6.07, 6.45) is 0.114. The van der Waals surface area contributed by atoms with Crippen LogP contribution in [0.1, 0.15) is 25.0 Å². The number of carbonyl (C=O) groups excluding carboxylic acids is 2. The summed E-state index contributed by atoms with van der Waals surface area (Å²) in [7, 11) is 0. The lowest BCUT2D eigenvalue weighted by atomic mass is 10.1. The number of para-hydroxylation sites is 1. The van der Waals surface area contributed by atoms with Crippen LogP contribution < -0.4 is 20.7 Å². The molecule has 0 aromatic heterocycles. The van der Waals surface area contributed by atoms with Gasteiger partial charge in [0.1, 0.15) is 5.75 Å². The normalized spacial score (nSPS) is 15.1. The van der Waals surface area contributed by atoms with Gasteiger partial charge in [-0.2, -0.15) is 0 Å². The largest absolute Gasteiger partial charge is 0.480 e. The Bertz CT molecular complexity index is 762. The van der Waals surface area contributed by atoms with E-state index in [4.69, 9.17) is 4.74 Å². The van der Waals surface area contributed by atoms with Gasteiger partial charge < -0.3 is 20.7 Å². The summed E-state index contributed by atoms with van der Waals surface area (Å²) in [5.41, 5.74) is 2.71. The van der Waals surface area contributed by atoms with Crippen LogP contribution in [-0.4, -0.2) is 24.1 Å². The van der Waals surface area contributed by atoms with Gasteiger partial charge in [0.25, 0.3) is 5.91 Å². The molecule has 0 spiro atoms. The van der Waals surface area contributed by atoms with Crippen molar-refractivity contribution in [1.82, 2.24) is 10.6 Å². The minimum atomic E-state index is -0.479. The minimum absolute atomic E-state index is 0.0773. The summed E-state index contributed by atoms with van der Waals surface area (Å²) in [5.74, 6) is 0.655. The van der Waals surface area contributed by atoms with Crippen molar-refractivity contribution >= 4 is 17.6 Å². The van der Waals surface area contributed by atoms with Gasteiger partial charge in [-0.15, -0.1) is 0 Å². The monoisotopic (exact) mass is 353 g/mol. The van der Waals surface area contributed by atoms with Crippen molar-refractivity contribution in [3.63, 3.8) is 0 Å². The third-order valence-electron chi connectivity index (χ3n) is 4.04. The predicted molar refractivity (Wildman–Crippen MR) is 100 cm³/mol. The summed E-state index contributed by atoms with van der Waals surface area (Å²) < 4.78 is 5.69. The minimum Gasteiger partial charge on any atom is -0.480 e. The molecule has 0 radical (unpaired) electrons. The number of anilines is 1. The Kier molecular flexibility index (Phi) is 5.41. The molecule has 1 unspecified atom stereocenters. The van der Waals surface area contributed by atoms with Crippen molar-refractivity contribution in [2.75, 3.05) is 5.32 Å². The zero-order valence-electron chi connectivity index (χ0n) is 14.9. The Morgan fingerprint density at radius 3 is 2.54 bits per heavy atom. The molecule has 3 N–H and O–H groups in total. The number of hydrogen-bond donors (Lipinski definition) is 3. The van der Waals surface area contributed by atoms with Crippen molar-refractivity contribution < 1.29 is 14.3 Å². The second kappa shape index (κ2) is 7.91. The summed E-state index contributed by atoms with van der Waals surface area (Å²) in [6, 6.07) is 14.9. The van der Waals surface area contributed by atoms with Gasteiger partial charge in [0.05, 0.1) is 0 Å². The lowest BCUT2D eigenvalue weighted by molar-refractivity contribution is -0.127. The van der Waals surface area contributed by atoms with Gasteiger partial charge in [-0.1, -0.05) is 30.3 Å². The molecule has 136 valence electrons. The number of hydrogen-bond acceptors (Lipinski definition) is 3. The zero-order chi connectivity index (χ0) is 18.5. The van der Waals surface area contributed by atoms with Crippen LogP contribution in [0.15, 0.2) is 48.5 Å². The van der Waals surface area contributed by atoms with E-state index in [9.17, 15) is 9.59 Å². The molecule has 0 saturated carbocycles. The summed E-state index contributed by atoms with van der Waals surface area (Å²) in [4.78, 5) is 24.0. The van der Waals surface area contributed by atoms with E-state index in [1.807, 2.05) is 62.4 Å². The third kappa shape index (κ3) is 4.53. The highest BCUT2D eigenvalue weighted by atomic mass is 16.5. The Hall–Kier alpha value is -3.02. The molecule has 26 heavy (non-hydrogen) atoms. The van der Waals surface area contributed by atoms with Gasteiger partial charge in [0.2, 0.25) is 0 Å². The zero-order valence-corrected chi connectivity index (χ0v) is 14.9. The average molecular weight is 353 g/mol. The van der Waals surface area contributed by atoms with Gasteiger partial charge in [-0.3, -0.25) is 4.79 Å². The van der Waals surface area contributed by atoms with Crippen LogP contribution in [0, 0.1) is 0 Å². The lowest BCUT2D eigenvalue weighted by Gasteiger charge is -2.12. The van der Waals surface area contributed by atoms with Crippen molar-refractivity contribution in [3.05, 3.63) is 59.7 Å². The van der Waals surface area contributed by atoms with E-state index >= 15 is 0 Å². The molecule has 2 aromatic rings. The first-order chi connectivity index (χ1) is 12.5. The highest BCUT2D eigenvalue weighted by molar-refractivity contribution is 5.89. The second-order valence-corrected chi connectivity index (χ2v) is 6.59. The fraction of sp³-hybridized carbons (Fsp3) is 0.300. The van der Waals surface area contributed by atoms with E-state index < -0.39 is 6.10 Å². The van der Waals surface area contributed by atoms with Crippen molar-refractivity contribution in [1.29, 1.82) is 0 Å². The molecular formula is C20H23N3O3. The molecular weight excluding hydrogens is 330 g/mol. The molecule has 1 aliphatic rings. The van der Waals surface area contributed by atoms with Crippen LogP contribution in [0.4, 0.5) is 10.5 Å². The molecule has 0 bridgehead atoms. The van der Waals surface area contributed by atoms with E-state index in [0.717, 1.165) is 16.9 Å². The number of ether oxygens (including phenoxy) is 1. The number of nitrogens with one attached hydrogen (secondary N) is 3. The van der Waals surface area contributed by atoms with Crippen molar-refractivity contribution in [3.8, 4) is 5.75 Å². The second-order valence-electron chi connectivity index (χ2n) is 6.59. The quantitative estimate of drug-likeness (QED) is 0.773. The van der Waals surface area contributed by atoms with E-state index in [1.54, 1.807) is 0 Å². The summed E-state index contributed by atoms with van der Waals surface area (Å²) >= 11 is 0. The van der Waals surface area contributed by atoms with Crippen molar-refractivity contribution in [2.45, 2.75) is 39.0 Å². The molecule has 0 fully saturated rings. The molecule has 3 rings (SSSR count). The molecule has 1 atom stereocenters. The molecule has 1 aliphatic heterocycles. The third-order valence-corrected chi connectivity index (χ3v) is 4.04. The van der Waals surface area contributed by atoms with Gasteiger partial charge >= 0.3 is 6.03 Å². The van der Waals surface area contributed by atoms with Crippen LogP contribution >= 0.6 is 0 Å². The van der Waals surface area contributed by atoms with Crippen LogP contribution in [0.2, 0.25) is 0 Å². The standard InChI is InChI=1S/C20H23N3O3/c1-13(2)22-20(25)23-16-9-7-14(8-10-16)12-21-19(24)18-11-15-5-3-4-6-17(15)26-18/h3-10,13,18H,11-12H2,1-2H3,(H,21,24)(H2,22,23,25). The van der Waals surface area contributed by atoms with Gasteiger partial charge in [-0.25, -0.2) is 4.79 Å². The fourth-order valence-electron chi connectivity index (χ4n) is 2.77. The Morgan fingerprint density at radius 1 is 1.12 bits per heavy atom. The molecule has 0 saturated heterocycles. The SMILES string of the molecule is CC(C)NC(=O)Nc1ccc(CNC(=O)C2Cc3ccccc3O2)cc1. The molecule has 2 aromatic carbocycles. The van der Waals surface area contributed by atoms with E-state index in [-0.39, 0.29) is 18.0 Å². The van der Waals surface area contributed by atoms with Gasteiger partial charge in [0.15, 0.2) is 6.10 Å². The van der Waals surface area contributed by atoms with Crippen LogP contribution in [0.3, 0.4) is 0 Å². The van der Waals surface area contributed by atoms with Gasteiger partial charge in [-0.05, 0) is 43.2 Å². The molecule has 0 aliphatic carbocycles. The molecule has 6 nitrogen and oxygen atoms in total. The number of fused-ring (bicyclic) bond motifs is 1. The number of carbonyl (C=O) groups is 2. The lowest BCUT2D eigenvalue weighted by Crippen LogP contribution is -2.37. The van der Waals surface area contributed by atoms with Crippen molar-refractivity contribution in [2.24, 2.45) is 0 Å². The highest BCUT2D eigenvalue weighted by Gasteiger charge is 2.28. The average Bonchev–Trinajstić information content (AvgIpc) is 3.04. The first-order valence-electron chi connectivity index (χ1n) is 8.70. The smallest absolute Gasteiger partial charge is 0.319 e. The van der Waals surface area contributed by atoms with E-state index in [1.165, 1.54) is 0 Å². The van der Waals surface area contributed by atoms with Crippen LogP contribution in [-0.2, 0) is 17.8 Å². The molecule has 3 amide bonds.